The van der Waals surface area contributed by atoms with Gasteiger partial charge in [0.2, 0.25) is 10.0 Å². The summed E-state index contributed by atoms with van der Waals surface area (Å²) in [6.07, 6.45) is 7.24. The summed E-state index contributed by atoms with van der Waals surface area (Å²) in [4.78, 5) is 4.86. The normalized spacial score (nSPS) is 15.3. The molecular formula is C23H29N5O2S. The first-order valence-corrected chi connectivity index (χ1v) is 12.4. The lowest BCUT2D eigenvalue weighted by Crippen LogP contribution is -2.24. The predicted molar refractivity (Wildman–Crippen MR) is 120 cm³/mol. The van der Waals surface area contributed by atoms with Gasteiger partial charge in [-0.2, -0.15) is 0 Å². The Morgan fingerprint density at radius 1 is 1.00 bits per heavy atom. The fraction of sp³-hybridized carbons (Fsp3) is 0.391. The zero-order valence-electron chi connectivity index (χ0n) is 17.6. The molecule has 8 heteroatoms. The lowest BCUT2D eigenvalue weighted by atomic mass is 9.89. The number of sulfonamides is 1. The Bertz CT molecular complexity index is 1090. The molecule has 0 bridgehead atoms. The van der Waals surface area contributed by atoms with Crippen LogP contribution in [0.25, 0.3) is 5.69 Å². The van der Waals surface area contributed by atoms with Gasteiger partial charge in [-0.1, -0.05) is 49.6 Å². The Labute approximate surface area is 183 Å². The smallest absolute Gasteiger partial charge is 0.238 e. The van der Waals surface area contributed by atoms with Crippen LogP contribution in [0.3, 0.4) is 0 Å². The Morgan fingerprint density at radius 3 is 2.39 bits per heavy atom. The van der Waals surface area contributed by atoms with Gasteiger partial charge in [0.05, 0.1) is 17.1 Å². The zero-order chi connectivity index (χ0) is 21.7. The number of nitrogens with two attached hydrogens (primary N) is 1. The third-order valence-electron chi connectivity index (χ3n) is 5.77. The largest absolute Gasteiger partial charge is 0.310 e. The van der Waals surface area contributed by atoms with Crippen molar-refractivity contribution in [2.24, 2.45) is 11.1 Å². The van der Waals surface area contributed by atoms with E-state index in [1.807, 2.05) is 18.2 Å². The molecule has 4 rings (SSSR count). The topological polar surface area (TPSA) is 103 Å². The van der Waals surface area contributed by atoms with E-state index >= 15 is 0 Å². The molecule has 1 aromatic heterocycles. The molecule has 7 nitrogen and oxygen atoms in total. The van der Waals surface area contributed by atoms with Crippen LogP contribution in [0, 0.1) is 5.92 Å². The Balaban J connectivity index is 1.54. The highest BCUT2D eigenvalue weighted by molar-refractivity contribution is 7.89. The van der Waals surface area contributed by atoms with Crippen LogP contribution >= 0.6 is 0 Å². The van der Waals surface area contributed by atoms with Gasteiger partial charge in [0.25, 0.3) is 0 Å². The van der Waals surface area contributed by atoms with Gasteiger partial charge < -0.3 is 5.32 Å². The van der Waals surface area contributed by atoms with Crippen LogP contribution in [0.2, 0.25) is 0 Å². The molecular weight excluding hydrogens is 410 g/mol. The predicted octanol–water partition coefficient (Wildman–Crippen LogP) is 3.18. The summed E-state index contributed by atoms with van der Waals surface area (Å²) in [5.74, 6) is 2.28. The van der Waals surface area contributed by atoms with Crippen molar-refractivity contribution in [1.29, 1.82) is 0 Å². The minimum absolute atomic E-state index is 0.0790. The number of nitrogens with one attached hydrogen (secondary N) is 1. The monoisotopic (exact) mass is 439 g/mol. The standard InChI is InChI=1S/C23H29N5O2S/c24-31(29,30)21-13-11-20(12-14-21)28-23(15-18-7-3-1-4-8-18)26-22(27-28)17-25-16-19-9-5-2-6-10-19/h1,3-4,7-8,11-14,19,25H,2,5-6,9-10,15-17H2,(H2,24,29,30). The van der Waals surface area contributed by atoms with Gasteiger partial charge in [-0.25, -0.2) is 23.2 Å². The van der Waals surface area contributed by atoms with Gasteiger partial charge >= 0.3 is 0 Å². The number of rotatable bonds is 8. The van der Waals surface area contributed by atoms with E-state index in [-0.39, 0.29) is 4.90 Å². The van der Waals surface area contributed by atoms with Crippen molar-refractivity contribution < 1.29 is 8.42 Å². The van der Waals surface area contributed by atoms with Crippen molar-refractivity contribution >= 4 is 10.0 Å². The van der Waals surface area contributed by atoms with E-state index in [2.05, 4.69) is 17.4 Å². The van der Waals surface area contributed by atoms with Crippen LogP contribution in [0.5, 0.6) is 0 Å². The minimum atomic E-state index is -3.73. The number of hydrogen-bond donors (Lipinski definition) is 2. The van der Waals surface area contributed by atoms with Crippen molar-refractivity contribution in [1.82, 2.24) is 20.1 Å². The van der Waals surface area contributed by atoms with Crippen LogP contribution in [0.4, 0.5) is 0 Å². The summed E-state index contributed by atoms with van der Waals surface area (Å²) in [6, 6.07) is 16.5. The van der Waals surface area contributed by atoms with Gasteiger partial charge in [-0.3, -0.25) is 0 Å². The van der Waals surface area contributed by atoms with Crippen LogP contribution in [-0.4, -0.2) is 29.7 Å². The number of nitrogens with zero attached hydrogens (tertiary/aromatic N) is 3. The summed E-state index contributed by atoms with van der Waals surface area (Å²) in [5.41, 5.74) is 1.89. The van der Waals surface area contributed by atoms with Gasteiger partial charge in [-0.15, -0.1) is 5.10 Å². The Kier molecular flexibility index (Phi) is 6.80. The van der Waals surface area contributed by atoms with Crippen molar-refractivity contribution in [3.05, 3.63) is 71.8 Å². The van der Waals surface area contributed by atoms with E-state index in [0.717, 1.165) is 35.4 Å². The average Bonchev–Trinajstić information content (AvgIpc) is 3.17. The Hall–Kier alpha value is -2.55. The molecule has 0 saturated heterocycles. The second-order valence-electron chi connectivity index (χ2n) is 8.19. The molecule has 0 amide bonds. The molecule has 1 aliphatic rings. The molecule has 1 fully saturated rings. The molecule has 2 aromatic carbocycles. The number of aromatic nitrogens is 3. The lowest BCUT2D eigenvalue weighted by molar-refractivity contribution is 0.341. The highest BCUT2D eigenvalue weighted by Gasteiger charge is 2.16. The molecule has 0 spiro atoms. The first kappa shape index (κ1) is 21.7. The first-order valence-electron chi connectivity index (χ1n) is 10.8. The average molecular weight is 440 g/mol. The van der Waals surface area contributed by atoms with Gasteiger partial charge in [-0.05, 0) is 55.1 Å². The minimum Gasteiger partial charge on any atom is -0.310 e. The maximum atomic E-state index is 11.6. The third kappa shape index (κ3) is 5.78. The van der Waals surface area contributed by atoms with E-state index in [4.69, 9.17) is 15.2 Å². The van der Waals surface area contributed by atoms with Gasteiger partial charge in [0.1, 0.15) is 5.82 Å². The number of benzene rings is 2. The van der Waals surface area contributed by atoms with Gasteiger partial charge in [0, 0.05) is 6.42 Å². The molecule has 0 atom stereocenters. The molecule has 3 N–H and O–H groups in total. The molecule has 1 saturated carbocycles. The van der Waals surface area contributed by atoms with E-state index < -0.39 is 10.0 Å². The quantitative estimate of drug-likeness (QED) is 0.561. The van der Waals surface area contributed by atoms with Crippen molar-refractivity contribution in [3.8, 4) is 5.69 Å². The van der Waals surface area contributed by atoms with E-state index in [9.17, 15) is 8.42 Å². The maximum Gasteiger partial charge on any atom is 0.238 e. The second-order valence-corrected chi connectivity index (χ2v) is 9.75. The second kappa shape index (κ2) is 9.72. The molecule has 164 valence electrons. The number of primary sulfonamides is 1. The van der Waals surface area contributed by atoms with Crippen molar-refractivity contribution in [2.75, 3.05) is 6.54 Å². The van der Waals surface area contributed by atoms with Crippen LogP contribution in [0.1, 0.15) is 49.3 Å². The summed E-state index contributed by atoms with van der Waals surface area (Å²) in [6.45, 7) is 1.60. The summed E-state index contributed by atoms with van der Waals surface area (Å²) >= 11 is 0. The highest BCUT2D eigenvalue weighted by Crippen LogP contribution is 2.23. The summed E-state index contributed by atoms with van der Waals surface area (Å²) in [5, 5.41) is 13.5. The van der Waals surface area contributed by atoms with Crippen molar-refractivity contribution in [3.63, 3.8) is 0 Å². The molecule has 0 aliphatic heterocycles. The molecule has 3 aromatic rings. The lowest BCUT2D eigenvalue weighted by Gasteiger charge is -2.21. The first-order chi connectivity index (χ1) is 15.0. The SMILES string of the molecule is NS(=O)(=O)c1ccc(-n2nc(CNCC3CCCCC3)nc2Cc2ccccc2)cc1. The molecule has 1 heterocycles. The van der Waals surface area contributed by atoms with Crippen LogP contribution < -0.4 is 10.5 Å². The highest BCUT2D eigenvalue weighted by atomic mass is 32.2. The number of hydrogen-bond acceptors (Lipinski definition) is 5. The van der Waals surface area contributed by atoms with E-state index in [1.54, 1.807) is 16.8 Å². The summed E-state index contributed by atoms with van der Waals surface area (Å²) in [7, 11) is -3.73. The molecule has 1 aliphatic carbocycles. The van der Waals surface area contributed by atoms with E-state index in [1.165, 1.54) is 44.2 Å². The van der Waals surface area contributed by atoms with Gasteiger partial charge in [0.15, 0.2) is 5.82 Å². The molecule has 31 heavy (non-hydrogen) atoms. The third-order valence-corrected chi connectivity index (χ3v) is 6.70. The maximum absolute atomic E-state index is 11.6. The van der Waals surface area contributed by atoms with E-state index in [0.29, 0.717) is 13.0 Å². The van der Waals surface area contributed by atoms with Crippen molar-refractivity contribution in [2.45, 2.75) is 50.0 Å². The van der Waals surface area contributed by atoms with Crippen LogP contribution in [0.15, 0.2) is 59.5 Å². The molecule has 0 radical (unpaired) electrons. The fourth-order valence-corrected chi connectivity index (χ4v) is 4.64. The fourth-order valence-electron chi connectivity index (χ4n) is 4.12. The van der Waals surface area contributed by atoms with Crippen LogP contribution in [-0.2, 0) is 23.0 Å². The Morgan fingerprint density at radius 2 is 1.71 bits per heavy atom. The zero-order valence-corrected chi connectivity index (χ0v) is 18.4. The summed E-state index contributed by atoms with van der Waals surface area (Å²) < 4.78 is 24.9. The molecule has 0 unspecified atom stereocenters.